The summed E-state index contributed by atoms with van der Waals surface area (Å²) in [6.07, 6.45) is 8.26. The van der Waals surface area contributed by atoms with Crippen LogP contribution in [0.4, 0.5) is 22.1 Å². The van der Waals surface area contributed by atoms with Gasteiger partial charge in [0.1, 0.15) is 5.60 Å². The summed E-state index contributed by atoms with van der Waals surface area (Å²) in [5.41, 5.74) is 4.15. The standard InChI is InChI=1S/C31H44N8O3/c1-21-26(37-17-13-31(5,14-18-37)20-33-29(40)42-30(2,3)4)35-27-25(34-21)28(36-39(27)24-12-6-7-19-41-24)38-16-9-10-22-23(38)11-8-15-32-22/h8,11,15,24H,6-7,9-10,12-14,16-20H2,1-5H3,(H,33,40). The van der Waals surface area contributed by atoms with Crippen LogP contribution in [0.2, 0.25) is 0 Å². The third kappa shape index (κ3) is 5.88. The lowest BCUT2D eigenvalue weighted by Gasteiger charge is -2.40. The van der Waals surface area contributed by atoms with Crippen LogP contribution in [0, 0.1) is 12.3 Å². The minimum Gasteiger partial charge on any atom is -0.444 e. The number of nitrogens with one attached hydrogen (secondary N) is 1. The van der Waals surface area contributed by atoms with E-state index >= 15 is 0 Å². The molecule has 11 heteroatoms. The number of carbonyl (C=O) groups is 1. The van der Waals surface area contributed by atoms with Crippen molar-refractivity contribution < 1.29 is 14.3 Å². The fraction of sp³-hybridized carbons (Fsp3) is 0.645. The van der Waals surface area contributed by atoms with Crippen molar-refractivity contribution in [3.63, 3.8) is 0 Å². The van der Waals surface area contributed by atoms with Crippen LogP contribution in [0.15, 0.2) is 18.3 Å². The molecular weight excluding hydrogens is 532 g/mol. The van der Waals surface area contributed by atoms with E-state index in [-0.39, 0.29) is 17.7 Å². The molecule has 0 bridgehead atoms. The number of piperidine rings is 1. The molecule has 1 unspecified atom stereocenters. The molecule has 6 rings (SSSR count). The van der Waals surface area contributed by atoms with Gasteiger partial charge in [-0.3, -0.25) is 4.98 Å². The number of rotatable bonds is 5. The predicted molar refractivity (Wildman–Crippen MR) is 162 cm³/mol. The van der Waals surface area contributed by atoms with E-state index in [0.29, 0.717) is 6.54 Å². The molecule has 3 aromatic heterocycles. The maximum atomic E-state index is 12.3. The first-order valence-electron chi connectivity index (χ1n) is 15.4. The van der Waals surface area contributed by atoms with Crippen molar-refractivity contribution in [3.8, 4) is 0 Å². The maximum Gasteiger partial charge on any atom is 0.407 e. The molecule has 0 saturated carbocycles. The molecule has 1 amide bonds. The van der Waals surface area contributed by atoms with E-state index in [0.717, 1.165) is 111 Å². The molecule has 6 heterocycles. The summed E-state index contributed by atoms with van der Waals surface area (Å²) in [6.45, 7) is 13.8. The van der Waals surface area contributed by atoms with Gasteiger partial charge in [0.25, 0.3) is 0 Å². The average Bonchev–Trinajstić information content (AvgIpc) is 3.33. The van der Waals surface area contributed by atoms with Crippen LogP contribution in [0.5, 0.6) is 0 Å². The first-order chi connectivity index (χ1) is 20.1. The highest BCUT2D eigenvalue weighted by Crippen LogP contribution is 2.39. The number of nitrogens with zero attached hydrogens (tertiary/aromatic N) is 7. The minimum absolute atomic E-state index is 0.0145. The van der Waals surface area contributed by atoms with Gasteiger partial charge < -0.3 is 24.6 Å². The number of aryl methyl sites for hydroxylation is 2. The van der Waals surface area contributed by atoms with Crippen molar-refractivity contribution in [2.45, 2.75) is 91.4 Å². The molecule has 11 nitrogen and oxygen atoms in total. The molecular formula is C31H44N8O3. The number of anilines is 3. The monoisotopic (exact) mass is 576 g/mol. The lowest BCUT2D eigenvalue weighted by Crippen LogP contribution is -2.46. The van der Waals surface area contributed by atoms with E-state index in [9.17, 15) is 4.79 Å². The number of ether oxygens (including phenoxy) is 2. The second-order valence-electron chi connectivity index (χ2n) is 13.3. The third-order valence-electron chi connectivity index (χ3n) is 8.62. The van der Waals surface area contributed by atoms with Gasteiger partial charge in [-0.25, -0.2) is 19.4 Å². The lowest BCUT2D eigenvalue weighted by atomic mass is 9.80. The molecule has 0 spiro atoms. The number of hydrogen-bond donors (Lipinski definition) is 1. The topological polar surface area (TPSA) is 111 Å². The summed E-state index contributed by atoms with van der Waals surface area (Å²) in [6, 6.07) is 4.11. The van der Waals surface area contributed by atoms with Gasteiger partial charge >= 0.3 is 6.09 Å². The summed E-state index contributed by atoms with van der Waals surface area (Å²) in [4.78, 5) is 31.9. The fourth-order valence-electron chi connectivity index (χ4n) is 6.25. The van der Waals surface area contributed by atoms with Gasteiger partial charge in [0.15, 0.2) is 29.0 Å². The van der Waals surface area contributed by atoms with Crippen molar-refractivity contribution >= 4 is 34.6 Å². The van der Waals surface area contributed by atoms with E-state index in [1.165, 1.54) is 0 Å². The number of alkyl carbamates (subject to hydrolysis) is 1. The van der Waals surface area contributed by atoms with Gasteiger partial charge in [-0.2, -0.15) is 0 Å². The van der Waals surface area contributed by atoms with Gasteiger partial charge in [-0.05, 0) is 90.2 Å². The van der Waals surface area contributed by atoms with Gasteiger partial charge in [0, 0.05) is 39.0 Å². The van der Waals surface area contributed by atoms with Crippen molar-refractivity contribution in [2.24, 2.45) is 5.41 Å². The van der Waals surface area contributed by atoms with E-state index in [1.54, 1.807) is 0 Å². The second kappa shape index (κ2) is 11.3. The summed E-state index contributed by atoms with van der Waals surface area (Å²) in [5, 5.41) is 8.13. The highest BCUT2D eigenvalue weighted by molar-refractivity contribution is 5.88. The summed E-state index contributed by atoms with van der Waals surface area (Å²) >= 11 is 0. The Balaban J connectivity index is 1.28. The van der Waals surface area contributed by atoms with Crippen molar-refractivity contribution in [2.75, 3.05) is 42.6 Å². The van der Waals surface area contributed by atoms with Crippen LogP contribution in [-0.2, 0) is 15.9 Å². The highest BCUT2D eigenvalue weighted by Gasteiger charge is 2.34. The highest BCUT2D eigenvalue weighted by atomic mass is 16.6. The van der Waals surface area contributed by atoms with Crippen LogP contribution in [0.25, 0.3) is 11.2 Å². The van der Waals surface area contributed by atoms with E-state index in [4.69, 9.17) is 24.5 Å². The fourth-order valence-corrected chi connectivity index (χ4v) is 6.25. The molecule has 2 saturated heterocycles. The number of hydrogen-bond acceptors (Lipinski definition) is 9. The van der Waals surface area contributed by atoms with Crippen LogP contribution >= 0.6 is 0 Å². The van der Waals surface area contributed by atoms with Crippen LogP contribution in [-0.4, -0.2) is 69.2 Å². The zero-order chi connectivity index (χ0) is 29.5. The predicted octanol–water partition coefficient (Wildman–Crippen LogP) is 5.44. The zero-order valence-corrected chi connectivity index (χ0v) is 25.6. The Kier molecular flexibility index (Phi) is 7.72. The molecule has 3 aliphatic heterocycles. The Bertz CT molecular complexity index is 1430. The molecule has 42 heavy (non-hydrogen) atoms. The molecule has 1 N–H and O–H groups in total. The van der Waals surface area contributed by atoms with E-state index in [2.05, 4.69) is 33.1 Å². The van der Waals surface area contributed by atoms with E-state index in [1.807, 2.05) is 44.6 Å². The average molecular weight is 577 g/mol. The third-order valence-corrected chi connectivity index (χ3v) is 8.62. The molecule has 1 atom stereocenters. The first kappa shape index (κ1) is 28.6. The van der Waals surface area contributed by atoms with Crippen LogP contribution < -0.4 is 15.1 Å². The Morgan fingerprint density at radius 3 is 2.69 bits per heavy atom. The van der Waals surface area contributed by atoms with Crippen molar-refractivity contribution in [1.82, 2.24) is 30.0 Å². The molecule has 3 aromatic rings. The quantitative estimate of drug-likeness (QED) is 0.424. The van der Waals surface area contributed by atoms with E-state index < -0.39 is 5.60 Å². The van der Waals surface area contributed by atoms with Crippen LogP contribution in [0.3, 0.4) is 0 Å². The van der Waals surface area contributed by atoms with Gasteiger partial charge in [0.05, 0.1) is 17.1 Å². The van der Waals surface area contributed by atoms with Crippen LogP contribution in [0.1, 0.15) is 83.8 Å². The largest absolute Gasteiger partial charge is 0.444 e. The molecule has 0 aromatic carbocycles. The lowest BCUT2D eigenvalue weighted by molar-refractivity contribution is -0.0368. The van der Waals surface area contributed by atoms with Gasteiger partial charge in [0.2, 0.25) is 0 Å². The molecule has 226 valence electrons. The summed E-state index contributed by atoms with van der Waals surface area (Å²) in [7, 11) is 0. The molecule has 3 aliphatic rings. The molecule has 2 fully saturated rings. The normalized spacial score (nSPS) is 20.8. The number of fused-ring (bicyclic) bond motifs is 2. The number of amides is 1. The van der Waals surface area contributed by atoms with Crippen molar-refractivity contribution in [3.05, 3.63) is 29.7 Å². The number of pyridine rings is 1. The Morgan fingerprint density at radius 2 is 1.95 bits per heavy atom. The number of aromatic nitrogens is 5. The van der Waals surface area contributed by atoms with Crippen molar-refractivity contribution in [1.29, 1.82) is 0 Å². The Labute approximate surface area is 248 Å². The smallest absolute Gasteiger partial charge is 0.407 e. The minimum atomic E-state index is -0.507. The molecule has 0 radical (unpaired) electrons. The number of carbonyl (C=O) groups excluding carboxylic acids is 1. The van der Waals surface area contributed by atoms with Gasteiger partial charge in [-0.1, -0.05) is 6.92 Å². The second-order valence-corrected chi connectivity index (χ2v) is 13.3. The zero-order valence-electron chi connectivity index (χ0n) is 25.6. The Morgan fingerprint density at radius 1 is 1.14 bits per heavy atom. The maximum absolute atomic E-state index is 12.3. The molecule has 0 aliphatic carbocycles. The Hall–Kier alpha value is -3.47. The van der Waals surface area contributed by atoms with Gasteiger partial charge in [-0.15, -0.1) is 5.10 Å². The SMILES string of the molecule is Cc1nc2c(N3CCCc4ncccc43)nn(C3CCCCO3)c2nc1N1CCC(C)(CNC(=O)OC(C)(C)C)CC1. The summed E-state index contributed by atoms with van der Waals surface area (Å²) in [5.74, 6) is 1.73. The summed E-state index contributed by atoms with van der Waals surface area (Å²) < 4.78 is 13.6. The first-order valence-corrected chi connectivity index (χ1v) is 15.4.